The molecule has 1 unspecified atom stereocenters. The summed E-state index contributed by atoms with van der Waals surface area (Å²) in [4.78, 5) is 13.9. The molecule has 1 saturated heterocycles. The molecule has 1 saturated carbocycles. The van der Waals surface area contributed by atoms with E-state index >= 15 is 0 Å². The van der Waals surface area contributed by atoms with Crippen LogP contribution < -0.4 is 0 Å². The van der Waals surface area contributed by atoms with E-state index in [1.165, 1.54) is 17.2 Å². The van der Waals surface area contributed by atoms with Crippen molar-refractivity contribution in [1.82, 2.24) is 4.90 Å². The van der Waals surface area contributed by atoms with Crippen molar-refractivity contribution in [3.05, 3.63) is 48.0 Å². The summed E-state index contributed by atoms with van der Waals surface area (Å²) in [6.45, 7) is 9.05. The number of carbonyl (C=O) groups is 1. The van der Waals surface area contributed by atoms with Crippen molar-refractivity contribution in [2.24, 2.45) is 17.8 Å². The van der Waals surface area contributed by atoms with Crippen LogP contribution in [-0.2, 0) is 11.3 Å². The first-order chi connectivity index (χ1) is 9.17. The van der Waals surface area contributed by atoms with Gasteiger partial charge in [0.05, 0.1) is 0 Å². The molecule has 3 atom stereocenters. The van der Waals surface area contributed by atoms with Crippen LogP contribution in [0.1, 0.15) is 17.5 Å². The number of hydrogen-bond acceptors (Lipinski definition) is 2. The van der Waals surface area contributed by atoms with Gasteiger partial charge in [0.25, 0.3) is 0 Å². The van der Waals surface area contributed by atoms with Gasteiger partial charge < -0.3 is 0 Å². The van der Waals surface area contributed by atoms with Crippen molar-refractivity contribution in [3.63, 3.8) is 0 Å². The third-order valence-corrected chi connectivity index (χ3v) is 4.64. The minimum Gasteiger partial charge on any atom is -0.298 e. The molecule has 0 bridgehead atoms. The van der Waals surface area contributed by atoms with Gasteiger partial charge in [-0.25, -0.2) is 0 Å². The quantitative estimate of drug-likeness (QED) is 0.754. The van der Waals surface area contributed by atoms with Crippen molar-refractivity contribution in [3.8, 4) is 0 Å². The molecule has 1 heterocycles. The monoisotopic (exact) mass is 255 g/mol. The number of likely N-dealkylation sites (tertiary alicyclic amines) is 1. The van der Waals surface area contributed by atoms with E-state index in [2.05, 4.69) is 42.7 Å². The lowest BCUT2D eigenvalue weighted by atomic mass is 10.1. The summed E-state index contributed by atoms with van der Waals surface area (Å²) in [6, 6.07) is 8.80. The fourth-order valence-corrected chi connectivity index (χ4v) is 3.44. The van der Waals surface area contributed by atoms with Gasteiger partial charge in [0, 0.05) is 26.1 Å². The largest absolute Gasteiger partial charge is 0.298 e. The van der Waals surface area contributed by atoms with Gasteiger partial charge in [-0.2, -0.15) is 0 Å². The van der Waals surface area contributed by atoms with Crippen molar-refractivity contribution in [2.45, 2.75) is 19.9 Å². The molecule has 1 aliphatic heterocycles. The maximum Gasteiger partial charge on any atom is 0.155 e. The number of ketones is 1. The number of rotatable bonds is 5. The van der Waals surface area contributed by atoms with E-state index in [1.54, 1.807) is 0 Å². The van der Waals surface area contributed by atoms with E-state index in [0.29, 0.717) is 5.92 Å². The number of hydrogen-bond donors (Lipinski definition) is 0. The van der Waals surface area contributed by atoms with E-state index in [9.17, 15) is 4.79 Å². The highest BCUT2D eigenvalue weighted by Gasteiger charge is 2.55. The second-order valence-electron chi connectivity index (χ2n) is 6.05. The average molecular weight is 255 g/mol. The number of piperidine rings is 1. The molecule has 0 radical (unpaired) electrons. The third kappa shape index (κ3) is 2.64. The Kier molecular flexibility index (Phi) is 3.28. The van der Waals surface area contributed by atoms with Gasteiger partial charge in [-0.05, 0) is 36.3 Å². The Morgan fingerprint density at radius 3 is 2.53 bits per heavy atom. The van der Waals surface area contributed by atoms with Crippen molar-refractivity contribution >= 4 is 5.78 Å². The molecule has 3 rings (SSSR count). The van der Waals surface area contributed by atoms with E-state index < -0.39 is 0 Å². The first-order valence-electron chi connectivity index (χ1n) is 7.10. The minimum absolute atomic E-state index is 0.212. The Morgan fingerprint density at radius 2 is 1.95 bits per heavy atom. The molecule has 0 N–H and O–H groups in total. The molecule has 19 heavy (non-hydrogen) atoms. The molecule has 100 valence electrons. The summed E-state index contributed by atoms with van der Waals surface area (Å²) in [7, 11) is 0. The van der Waals surface area contributed by atoms with Crippen molar-refractivity contribution in [1.29, 1.82) is 0 Å². The number of fused-ring (bicyclic) bond motifs is 1. The Labute approximate surface area is 115 Å². The average Bonchev–Trinajstić information content (AvgIpc) is 2.86. The van der Waals surface area contributed by atoms with Crippen molar-refractivity contribution in [2.75, 3.05) is 13.1 Å². The Bertz CT molecular complexity index is 478. The zero-order valence-electron chi connectivity index (χ0n) is 11.5. The van der Waals surface area contributed by atoms with Crippen LogP contribution in [-0.4, -0.2) is 23.8 Å². The molecule has 2 heteroatoms. The predicted molar refractivity (Wildman–Crippen MR) is 76.7 cm³/mol. The van der Waals surface area contributed by atoms with Gasteiger partial charge in [0.2, 0.25) is 0 Å². The minimum atomic E-state index is 0.212. The molecule has 2 nitrogen and oxygen atoms in total. The number of allylic oxidation sites excluding steroid dienone is 1. The maximum atomic E-state index is 11.4. The van der Waals surface area contributed by atoms with Crippen LogP contribution in [0, 0.1) is 24.7 Å². The highest BCUT2D eigenvalue weighted by Crippen LogP contribution is 2.53. The molecule has 1 aromatic rings. The van der Waals surface area contributed by atoms with Crippen LogP contribution in [0.25, 0.3) is 0 Å². The molecular weight excluding hydrogens is 234 g/mol. The fourth-order valence-electron chi connectivity index (χ4n) is 3.44. The van der Waals surface area contributed by atoms with Gasteiger partial charge in [-0.15, -0.1) is 0 Å². The molecule has 2 aliphatic rings. The fraction of sp³-hybridized carbons (Fsp3) is 0.471. The smallest absolute Gasteiger partial charge is 0.155 e. The van der Waals surface area contributed by atoms with Crippen LogP contribution in [0.3, 0.4) is 0 Å². The lowest BCUT2D eigenvalue weighted by molar-refractivity contribution is -0.115. The van der Waals surface area contributed by atoms with Gasteiger partial charge in [0.1, 0.15) is 0 Å². The SMILES string of the molecule is C=CC(=O)CC1[C@H]2CN(Cc3ccc(C)cc3)C[C@@H]12. The maximum absolute atomic E-state index is 11.4. The zero-order chi connectivity index (χ0) is 13.4. The summed E-state index contributed by atoms with van der Waals surface area (Å²) in [5, 5.41) is 0. The van der Waals surface area contributed by atoms with Crippen LogP contribution >= 0.6 is 0 Å². The number of nitrogens with zero attached hydrogens (tertiary/aromatic N) is 1. The van der Waals surface area contributed by atoms with Gasteiger partial charge in [0.15, 0.2) is 5.78 Å². The first-order valence-corrected chi connectivity index (χ1v) is 7.10. The molecule has 1 aromatic carbocycles. The van der Waals surface area contributed by atoms with Gasteiger partial charge in [-0.1, -0.05) is 36.4 Å². The highest BCUT2D eigenvalue weighted by molar-refractivity contribution is 5.89. The second kappa shape index (κ2) is 4.93. The normalized spacial score (nSPS) is 29.0. The summed E-state index contributed by atoms with van der Waals surface area (Å²) in [5.74, 6) is 2.37. The molecule has 2 fully saturated rings. The number of aryl methyl sites for hydroxylation is 1. The lowest BCUT2D eigenvalue weighted by Gasteiger charge is -2.19. The standard InChI is InChI=1S/C17H21NO/c1-3-14(19)8-15-16-10-18(11-17(15)16)9-13-6-4-12(2)5-7-13/h3-7,15-17H,1,8-11H2,2H3/t15?,16-,17+. The number of benzene rings is 1. The topological polar surface area (TPSA) is 20.3 Å². The highest BCUT2D eigenvalue weighted by atomic mass is 16.1. The summed E-state index contributed by atoms with van der Waals surface area (Å²) in [5.41, 5.74) is 2.71. The summed E-state index contributed by atoms with van der Waals surface area (Å²) >= 11 is 0. The van der Waals surface area contributed by atoms with Gasteiger partial charge in [-0.3, -0.25) is 9.69 Å². The molecule has 1 aliphatic carbocycles. The summed E-state index contributed by atoms with van der Waals surface area (Å²) < 4.78 is 0. The van der Waals surface area contributed by atoms with E-state index in [-0.39, 0.29) is 5.78 Å². The van der Waals surface area contributed by atoms with Crippen molar-refractivity contribution < 1.29 is 4.79 Å². The Morgan fingerprint density at radius 1 is 1.32 bits per heavy atom. The van der Waals surface area contributed by atoms with E-state index in [0.717, 1.165) is 37.9 Å². The van der Waals surface area contributed by atoms with Gasteiger partial charge >= 0.3 is 0 Å². The van der Waals surface area contributed by atoms with Crippen LogP contribution in [0.5, 0.6) is 0 Å². The number of carbonyl (C=O) groups excluding carboxylic acids is 1. The van der Waals surface area contributed by atoms with E-state index in [4.69, 9.17) is 0 Å². The second-order valence-corrected chi connectivity index (χ2v) is 6.05. The third-order valence-electron chi connectivity index (χ3n) is 4.64. The van der Waals surface area contributed by atoms with E-state index in [1.807, 2.05) is 0 Å². The first kappa shape index (κ1) is 12.6. The van der Waals surface area contributed by atoms with Crippen LogP contribution in [0.2, 0.25) is 0 Å². The molecule has 0 aromatic heterocycles. The molecule has 0 spiro atoms. The van der Waals surface area contributed by atoms with Crippen LogP contribution in [0.4, 0.5) is 0 Å². The molecule has 0 amide bonds. The Balaban J connectivity index is 1.49. The Hall–Kier alpha value is -1.41. The zero-order valence-corrected chi connectivity index (χ0v) is 11.5. The molecular formula is C17H21NO. The summed E-state index contributed by atoms with van der Waals surface area (Å²) in [6.07, 6.45) is 2.19. The van der Waals surface area contributed by atoms with Crippen LogP contribution in [0.15, 0.2) is 36.9 Å². The predicted octanol–water partition coefficient (Wildman–Crippen LogP) is 2.82. The lowest BCUT2D eigenvalue weighted by Crippen LogP contribution is -2.24.